The first-order valence-electron chi connectivity index (χ1n) is 9.17. The fraction of sp³-hybridized carbons (Fsp3) is 0.632. The molecule has 7 heteroatoms. The summed E-state index contributed by atoms with van der Waals surface area (Å²) >= 11 is 0. The second-order valence-corrected chi connectivity index (χ2v) is 7.37. The number of nitrogens with one attached hydrogen (secondary N) is 1. The fourth-order valence-corrected chi connectivity index (χ4v) is 3.32. The highest BCUT2D eigenvalue weighted by Crippen LogP contribution is 2.31. The molecule has 26 heavy (non-hydrogen) atoms. The number of hydrogen-bond donors (Lipinski definition) is 2. The van der Waals surface area contributed by atoms with Crippen molar-refractivity contribution >= 4 is 36.4 Å². The van der Waals surface area contributed by atoms with Crippen molar-refractivity contribution in [3.63, 3.8) is 0 Å². The predicted octanol–water partition coefficient (Wildman–Crippen LogP) is 2.53. The number of hydrogen-bond acceptors (Lipinski definition) is 4. The number of anilines is 1. The average Bonchev–Trinajstić information content (AvgIpc) is 3.45. The van der Waals surface area contributed by atoms with Crippen LogP contribution in [0.25, 0.3) is 0 Å². The topological polar surface area (TPSA) is 61.6 Å². The van der Waals surface area contributed by atoms with Crippen molar-refractivity contribution in [3.8, 4) is 0 Å². The van der Waals surface area contributed by atoms with E-state index in [0.717, 1.165) is 26.2 Å². The first-order chi connectivity index (χ1) is 11.5. The molecule has 1 aliphatic heterocycles. The minimum Gasteiger partial charge on any atom is -0.369 e. The van der Waals surface area contributed by atoms with Gasteiger partial charge in [0.2, 0.25) is 0 Å². The highest BCUT2D eigenvalue weighted by molar-refractivity contribution is 5.94. The molecule has 0 radical (unpaired) electrons. The zero-order valence-electron chi connectivity index (χ0n) is 15.7. The van der Waals surface area contributed by atoms with E-state index >= 15 is 0 Å². The zero-order valence-corrected chi connectivity index (χ0v) is 17.3. The molecule has 1 amide bonds. The third-order valence-corrected chi connectivity index (χ3v) is 5.27. The largest absolute Gasteiger partial charge is 0.369 e. The normalized spacial score (nSPS) is 18.7. The van der Waals surface area contributed by atoms with Gasteiger partial charge in [0.25, 0.3) is 5.91 Å². The van der Waals surface area contributed by atoms with Gasteiger partial charge in [-0.05, 0) is 56.9 Å². The Morgan fingerprint density at radius 3 is 2.19 bits per heavy atom. The number of nitrogens with two attached hydrogens (primary N) is 1. The van der Waals surface area contributed by atoms with E-state index in [1.54, 1.807) is 0 Å². The second kappa shape index (κ2) is 10.4. The van der Waals surface area contributed by atoms with E-state index in [1.165, 1.54) is 18.5 Å². The van der Waals surface area contributed by atoms with Crippen LogP contribution in [0, 0.1) is 5.92 Å². The van der Waals surface area contributed by atoms with Crippen molar-refractivity contribution in [2.45, 2.75) is 38.8 Å². The molecule has 1 saturated carbocycles. The number of rotatable bonds is 6. The van der Waals surface area contributed by atoms with E-state index < -0.39 is 0 Å². The van der Waals surface area contributed by atoms with Gasteiger partial charge in [-0.25, -0.2) is 0 Å². The fourth-order valence-electron chi connectivity index (χ4n) is 3.32. The molecule has 1 unspecified atom stereocenters. The summed E-state index contributed by atoms with van der Waals surface area (Å²) in [4.78, 5) is 17.1. The van der Waals surface area contributed by atoms with Crippen LogP contribution < -0.4 is 16.0 Å². The van der Waals surface area contributed by atoms with Crippen LogP contribution in [0.2, 0.25) is 0 Å². The Hall–Kier alpha value is -1.01. The summed E-state index contributed by atoms with van der Waals surface area (Å²) in [6.07, 6.45) is 2.41. The summed E-state index contributed by atoms with van der Waals surface area (Å²) in [5, 5.41) is 2.95. The van der Waals surface area contributed by atoms with Crippen molar-refractivity contribution in [3.05, 3.63) is 29.8 Å². The maximum atomic E-state index is 12.2. The van der Waals surface area contributed by atoms with Crippen molar-refractivity contribution in [2.24, 2.45) is 11.7 Å². The minimum absolute atomic E-state index is 0. The molecule has 0 bridgehead atoms. The van der Waals surface area contributed by atoms with Crippen LogP contribution in [0.4, 0.5) is 5.69 Å². The van der Waals surface area contributed by atoms with Gasteiger partial charge in [0.1, 0.15) is 0 Å². The molecule has 3 N–H and O–H groups in total. The van der Waals surface area contributed by atoms with Gasteiger partial charge in [0, 0.05) is 56.1 Å². The molecule has 148 valence electrons. The van der Waals surface area contributed by atoms with Gasteiger partial charge < -0.3 is 16.0 Å². The summed E-state index contributed by atoms with van der Waals surface area (Å²) in [5.74, 6) is 0.583. The minimum atomic E-state index is -0.0257. The molecule has 3 rings (SSSR count). The van der Waals surface area contributed by atoms with Gasteiger partial charge in [-0.2, -0.15) is 0 Å². The van der Waals surface area contributed by atoms with Gasteiger partial charge in [0.15, 0.2) is 0 Å². The Morgan fingerprint density at radius 1 is 1.12 bits per heavy atom. The molecule has 1 aromatic rings. The number of benzene rings is 1. The summed E-state index contributed by atoms with van der Waals surface area (Å²) < 4.78 is 0. The van der Waals surface area contributed by atoms with Crippen LogP contribution in [-0.4, -0.2) is 55.6 Å². The number of amides is 1. The first kappa shape index (κ1) is 23.0. The molecule has 2 fully saturated rings. The van der Waals surface area contributed by atoms with Crippen LogP contribution >= 0.6 is 24.8 Å². The van der Waals surface area contributed by atoms with Crippen LogP contribution in [0.3, 0.4) is 0 Å². The molecule has 5 nitrogen and oxygen atoms in total. The molecule has 1 saturated heterocycles. The van der Waals surface area contributed by atoms with Crippen LogP contribution in [-0.2, 0) is 0 Å². The number of carbonyl (C=O) groups is 1. The Kier molecular flexibility index (Phi) is 9.17. The lowest BCUT2D eigenvalue weighted by atomic mass is 10.1. The molecule has 1 aliphatic carbocycles. The van der Waals surface area contributed by atoms with E-state index in [0.29, 0.717) is 24.1 Å². The maximum Gasteiger partial charge on any atom is 0.251 e. The van der Waals surface area contributed by atoms with Gasteiger partial charge >= 0.3 is 0 Å². The van der Waals surface area contributed by atoms with Crippen LogP contribution in [0.1, 0.15) is 37.0 Å². The molecule has 0 spiro atoms. The summed E-state index contributed by atoms with van der Waals surface area (Å²) in [6, 6.07) is 8.66. The van der Waals surface area contributed by atoms with Gasteiger partial charge in [-0.15, -0.1) is 24.8 Å². The smallest absolute Gasteiger partial charge is 0.251 e. The highest BCUT2D eigenvalue weighted by Gasteiger charge is 2.28. The molecule has 0 aromatic heterocycles. The SMILES string of the molecule is CC(C)N1CCN(c2ccc(C(=O)NCC(N)C3CC3)cc2)CC1.Cl.Cl. The number of carbonyl (C=O) groups excluding carboxylic acids is 1. The Labute approximate surface area is 169 Å². The molecular formula is C19H32Cl2N4O. The number of nitrogens with zero attached hydrogens (tertiary/aromatic N) is 2. The van der Waals surface area contributed by atoms with Crippen molar-refractivity contribution in [1.29, 1.82) is 0 Å². The molecule has 2 aliphatic rings. The summed E-state index contributed by atoms with van der Waals surface area (Å²) in [6.45, 7) is 9.34. The maximum absolute atomic E-state index is 12.2. The molecular weight excluding hydrogens is 371 g/mol. The molecule has 1 atom stereocenters. The van der Waals surface area contributed by atoms with Crippen molar-refractivity contribution < 1.29 is 4.79 Å². The molecule has 1 heterocycles. The standard InChI is InChI=1S/C19H30N4O.2ClH/c1-14(2)22-9-11-23(12-10-22)17-7-5-16(6-8-17)19(24)21-13-18(20)15-3-4-15;;/h5-8,14-15,18H,3-4,9-13,20H2,1-2H3,(H,21,24);2*1H. The Bertz CT molecular complexity index is 555. The van der Waals surface area contributed by atoms with Gasteiger partial charge in [-0.3, -0.25) is 9.69 Å². The predicted molar refractivity (Wildman–Crippen MR) is 113 cm³/mol. The highest BCUT2D eigenvalue weighted by atomic mass is 35.5. The summed E-state index contributed by atoms with van der Waals surface area (Å²) in [7, 11) is 0. The summed E-state index contributed by atoms with van der Waals surface area (Å²) in [5.41, 5.74) is 7.94. The van der Waals surface area contributed by atoms with Crippen molar-refractivity contribution in [1.82, 2.24) is 10.2 Å². The zero-order chi connectivity index (χ0) is 17.1. The van der Waals surface area contributed by atoms with E-state index in [2.05, 4.69) is 41.1 Å². The average molecular weight is 403 g/mol. The van der Waals surface area contributed by atoms with Crippen LogP contribution in [0.5, 0.6) is 0 Å². The third-order valence-electron chi connectivity index (χ3n) is 5.27. The van der Waals surface area contributed by atoms with E-state index in [4.69, 9.17) is 5.73 Å². The lowest BCUT2D eigenvalue weighted by Crippen LogP contribution is -2.48. The first-order valence-corrected chi connectivity index (χ1v) is 9.17. The van der Waals surface area contributed by atoms with E-state index in [-0.39, 0.29) is 36.8 Å². The third kappa shape index (κ3) is 6.02. The quantitative estimate of drug-likeness (QED) is 0.767. The molecule has 1 aromatic carbocycles. The Balaban J connectivity index is 0.00000169. The number of halogens is 2. The second-order valence-electron chi connectivity index (χ2n) is 7.37. The lowest BCUT2D eigenvalue weighted by Gasteiger charge is -2.38. The van der Waals surface area contributed by atoms with Gasteiger partial charge in [-0.1, -0.05) is 0 Å². The monoisotopic (exact) mass is 402 g/mol. The van der Waals surface area contributed by atoms with Gasteiger partial charge in [0.05, 0.1) is 0 Å². The van der Waals surface area contributed by atoms with Crippen LogP contribution in [0.15, 0.2) is 24.3 Å². The van der Waals surface area contributed by atoms with E-state index in [1.807, 2.05) is 12.1 Å². The number of piperazine rings is 1. The lowest BCUT2D eigenvalue weighted by molar-refractivity contribution is 0.0950. The van der Waals surface area contributed by atoms with E-state index in [9.17, 15) is 4.79 Å². The van der Waals surface area contributed by atoms with Crippen molar-refractivity contribution in [2.75, 3.05) is 37.6 Å². The Morgan fingerprint density at radius 2 is 1.69 bits per heavy atom.